The molecule has 0 amide bonds. The van der Waals surface area contributed by atoms with Gasteiger partial charge in [-0.2, -0.15) is 5.10 Å². The van der Waals surface area contributed by atoms with Crippen LogP contribution >= 0.6 is 0 Å². The molecule has 0 aliphatic carbocycles. The molecule has 0 aliphatic rings. The first-order valence-corrected chi connectivity index (χ1v) is 4.03. The molecule has 1 N–H and O–H groups in total. The molecule has 1 heterocycles. The summed E-state index contributed by atoms with van der Waals surface area (Å²) in [5.41, 5.74) is 0. The van der Waals surface area contributed by atoms with Crippen molar-refractivity contribution in [2.75, 3.05) is 6.54 Å². The lowest BCUT2D eigenvalue weighted by Gasteiger charge is -2.09. The van der Waals surface area contributed by atoms with Crippen LogP contribution in [0.4, 0.5) is 0 Å². The van der Waals surface area contributed by atoms with Gasteiger partial charge in [-0.05, 0) is 19.5 Å². The van der Waals surface area contributed by atoms with Crippen LogP contribution in [0, 0.1) is 0 Å². The van der Waals surface area contributed by atoms with Crippen molar-refractivity contribution in [2.24, 2.45) is 0 Å². The molecule has 1 aromatic rings. The number of nitrogens with zero attached hydrogens (tertiary/aromatic N) is 2. The summed E-state index contributed by atoms with van der Waals surface area (Å²) in [5, 5.41) is 6.87. The quantitative estimate of drug-likeness (QED) is 0.714. The fraction of sp³-hybridized carbons (Fsp3) is 0.500. The van der Waals surface area contributed by atoms with Crippen LogP contribution < -0.4 is 5.32 Å². The lowest BCUT2D eigenvalue weighted by molar-refractivity contribution is 0.0853. The molecule has 0 spiro atoms. The van der Waals surface area contributed by atoms with Crippen LogP contribution in [0.25, 0.3) is 0 Å². The Bertz CT molecular complexity index is 243. The molecule has 12 heavy (non-hydrogen) atoms. The maximum absolute atomic E-state index is 11.4. The molecule has 1 aromatic heterocycles. The van der Waals surface area contributed by atoms with Gasteiger partial charge in [-0.1, -0.05) is 6.92 Å². The zero-order valence-corrected chi connectivity index (χ0v) is 7.32. The monoisotopic (exact) mass is 167 g/mol. The van der Waals surface area contributed by atoms with E-state index in [-0.39, 0.29) is 11.9 Å². The van der Waals surface area contributed by atoms with Crippen molar-refractivity contribution in [1.29, 1.82) is 0 Å². The number of aromatic nitrogens is 2. The standard InChI is InChI=1S/C8H13N3O/c1-3-9-7(2)8(12)11-6-4-5-10-11/h4-7,9H,3H2,1-2H3. The van der Waals surface area contributed by atoms with Crippen LogP contribution in [0.15, 0.2) is 18.5 Å². The van der Waals surface area contributed by atoms with E-state index in [0.29, 0.717) is 0 Å². The molecule has 1 atom stereocenters. The first-order valence-electron chi connectivity index (χ1n) is 4.03. The van der Waals surface area contributed by atoms with Gasteiger partial charge in [0, 0.05) is 12.4 Å². The molecule has 0 saturated heterocycles. The SMILES string of the molecule is CCNC(C)C(=O)n1cccn1. The lowest BCUT2D eigenvalue weighted by Crippen LogP contribution is -2.37. The van der Waals surface area contributed by atoms with Crippen molar-refractivity contribution in [3.63, 3.8) is 0 Å². The Morgan fingerprint density at radius 1 is 1.75 bits per heavy atom. The van der Waals surface area contributed by atoms with E-state index in [0.717, 1.165) is 6.54 Å². The second-order valence-corrected chi connectivity index (χ2v) is 2.57. The molecular formula is C8H13N3O. The third-order valence-electron chi connectivity index (χ3n) is 1.61. The van der Waals surface area contributed by atoms with E-state index in [2.05, 4.69) is 10.4 Å². The van der Waals surface area contributed by atoms with E-state index in [1.165, 1.54) is 4.68 Å². The zero-order chi connectivity index (χ0) is 8.97. The smallest absolute Gasteiger partial charge is 0.263 e. The number of likely N-dealkylation sites (N-methyl/N-ethyl adjacent to an activating group) is 1. The van der Waals surface area contributed by atoms with Crippen LogP contribution in [0.5, 0.6) is 0 Å². The Morgan fingerprint density at radius 3 is 3.00 bits per heavy atom. The second-order valence-electron chi connectivity index (χ2n) is 2.57. The van der Waals surface area contributed by atoms with E-state index < -0.39 is 0 Å². The summed E-state index contributed by atoms with van der Waals surface area (Å²) < 4.78 is 1.34. The molecule has 1 rings (SSSR count). The molecule has 0 saturated carbocycles. The van der Waals surface area contributed by atoms with E-state index >= 15 is 0 Å². The van der Waals surface area contributed by atoms with Crippen molar-refractivity contribution in [3.05, 3.63) is 18.5 Å². The highest BCUT2D eigenvalue weighted by molar-refractivity contribution is 5.82. The summed E-state index contributed by atoms with van der Waals surface area (Å²) in [6.07, 6.45) is 3.24. The third-order valence-corrected chi connectivity index (χ3v) is 1.61. The minimum Gasteiger partial charge on any atom is -0.306 e. The summed E-state index contributed by atoms with van der Waals surface area (Å²) in [7, 11) is 0. The van der Waals surface area contributed by atoms with Crippen molar-refractivity contribution < 1.29 is 4.79 Å². The fourth-order valence-corrected chi connectivity index (χ4v) is 0.991. The van der Waals surface area contributed by atoms with Gasteiger partial charge in [-0.15, -0.1) is 0 Å². The lowest BCUT2D eigenvalue weighted by atomic mass is 10.3. The molecule has 0 radical (unpaired) electrons. The molecular weight excluding hydrogens is 154 g/mol. The largest absolute Gasteiger partial charge is 0.306 e. The minimum atomic E-state index is -0.171. The number of hydrogen-bond acceptors (Lipinski definition) is 3. The molecule has 0 aromatic carbocycles. The Morgan fingerprint density at radius 2 is 2.50 bits per heavy atom. The maximum Gasteiger partial charge on any atom is 0.263 e. The molecule has 0 bridgehead atoms. The van der Waals surface area contributed by atoms with Crippen molar-refractivity contribution >= 4 is 5.91 Å². The van der Waals surface area contributed by atoms with Crippen LogP contribution in [0.1, 0.15) is 18.6 Å². The van der Waals surface area contributed by atoms with Gasteiger partial charge in [0.1, 0.15) is 0 Å². The first-order chi connectivity index (χ1) is 5.75. The Balaban J connectivity index is 2.59. The van der Waals surface area contributed by atoms with Crippen LogP contribution in [0.2, 0.25) is 0 Å². The van der Waals surface area contributed by atoms with E-state index in [4.69, 9.17) is 0 Å². The van der Waals surface area contributed by atoms with Gasteiger partial charge in [0.2, 0.25) is 0 Å². The topological polar surface area (TPSA) is 46.9 Å². The number of hydrogen-bond donors (Lipinski definition) is 1. The summed E-state index contributed by atoms with van der Waals surface area (Å²) in [5.74, 6) is -0.0261. The van der Waals surface area contributed by atoms with Crippen molar-refractivity contribution in [1.82, 2.24) is 15.1 Å². The highest BCUT2D eigenvalue weighted by Gasteiger charge is 2.12. The predicted octanol–water partition coefficient (Wildman–Crippen LogP) is 0.521. The van der Waals surface area contributed by atoms with Gasteiger partial charge in [-0.25, -0.2) is 4.68 Å². The zero-order valence-electron chi connectivity index (χ0n) is 7.32. The van der Waals surface area contributed by atoms with Gasteiger partial charge in [0.05, 0.1) is 6.04 Å². The molecule has 4 nitrogen and oxygen atoms in total. The summed E-state index contributed by atoms with van der Waals surface area (Å²) in [6, 6.07) is 1.56. The second kappa shape index (κ2) is 4.01. The average molecular weight is 167 g/mol. The number of rotatable bonds is 3. The number of nitrogens with one attached hydrogen (secondary N) is 1. The third kappa shape index (κ3) is 1.92. The maximum atomic E-state index is 11.4. The summed E-state index contributed by atoms with van der Waals surface area (Å²) in [6.45, 7) is 4.58. The number of carbonyl (C=O) groups is 1. The van der Waals surface area contributed by atoms with E-state index in [1.807, 2.05) is 13.8 Å². The highest BCUT2D eigenvalue weighted by Crippen LogP contribution is 1.90. The van der Waals surface area contributed by atoms with E-state index in [9.17, 15) is 4.79 Å². The molecule has 0 fully saturated rings. The summed E-state index contributed by atoms with van der Waals surface area (Å²) in [4.78, 5) is 11.4. The first kappa shape index (κ1) is 8.93. The predicted molar refractivity (Wildman–Crippen MR) is 46.0 cm³/mol. The Kier molecular flexibility index (Phi) is 2.99. The van der Waals surface area contributed by atoms with Crippen LogP contribution in [-0.4, -0.2) is 28.3 Å². The molecule has 66 valence electrons. The van der Waals surface area contributed by atoms with Gasteiger partial charge >= 0.3 is 0 Å². The van der Waals surface area contributed by atoms with Crippen molar-refractivity contribution in [3.8, 4) is 0 Å². The minimum absolute atomic E-state index is 0.0261. The molecule has 0 aliphatic heterocycles. The van der Waals surface area contributed by atoms with Gasteiger partial charge in [-0.3, -0.25) is 4.79 Å². The van der Waals surface area contributed by atoms with Crippen molar-refractivity contribution in [2.45, 2.75) is 19.9 Å². The van der Waals surface area contributed by atoms with Gasteiger partial charge in [0.15, 0.2) is 0 Å². The van der Waals surface area contributed by atoms with Crippen LogP contribution in [0.3, 0.4) is 0 Å². The Hall–Kier alpha value is -1.16. The number of carbonyl (C=O) groups excluding carboxylic acids is 1. The highest BCUT2D eigenvalue weighted by atomic mass is 16.2. The Labute approximate surface area is 71.6 Å². The molecule has 1 unspecified atom stereocenters. The summed E-state index contributed by atoms with van der Waals surface area (Å²) >= 11 is 0. The normalized spacial score (nSPS) is 12.8. The van der Waals surface area contributed by atoms with Gasteiger partial charge < -0.3 is 5.32 Å². The van der Waals surface area contributed by atoms with E-state index in [1.54, 1.807) is 18.5 Å². The fourth-order valence-electron chi connectivity index (χ4n) is 0.991. The molecule has 4 heteroatoms. The van der Waals surface area contributed by atoms with Crippen LogP contribution in [-0.2, 0) is 0 Å². The van der Waals surface area contributed by atoms with Gasteiger partial charge in [0.25, 0.3) is 5.91 Å². The average Bonchev–Trinajstić information content (AvgIpc) is 2.55.